The minimum atomic E-state index is -0.996. The number of nitrogens with zero attached hydrogens (tertiary/aromatic N) is 2. The number of fused-ring (bicyclic) bond motifs is 1. The highest BCUT2D eigenvalue weighted by Gasteiger charge is 2.17. The van der Waals surface area contributed by atoms with Gasteiger partial charge in [-0.1, -0.05) is 53.8 Å². The number of pyridine rings is 1. The van der Waals surface area contributed by atoms with Crippen LogP contribution in [0.3, 0.4) is 0 Å². The van der Waals surface area contributed by atoms with Crippen LogP contribution in [0.2, 0.25) is 0 Å². The Morgan fingerprint density at radius 2 is 1.77 bits per heavy atom. The molecule has 0 aliphatic heterocycles. The number of hydrogen-bond acceptors (Lipinski definition) is 5. The summed E-state index contributed by atoms with van der Waals surface area (Å²) < 4.78 is 1.28. The number of carboxylic acids is 1. The van der Waals surface area contributed by atoms with E-state index >= 15 is 0 Å². The van der Waals surface area contributed by atoms with Crippen LogP contribution in [-0.4, -0.2) is 26.6 Å². The van der Waals surface area contributed by atoms with E-state index in [1.807, 2.05) is 37.3 Å². The summed E-state index contributed by atoms with van der Waals surface area (Å²) in [4.78, 5) is 37.1. The van der Waals surface area contributed by atoms with Crippen molar-refractivity contribution >= 4 is 28.0 Å². The highest BCUT2D eigenvalue weighted by Crippen LogP contribution is 2.19. The molecule has 0 fully saturated rings. The lowest BCUT2D eigenvalue weighted by Crippen LogP contribution is -2.24. The second-order valence-electron chi connectivity index (χ2n) is 7.13. The van der Waals surface area contributed by atoms with Crippen molar-refractivity contribution in [3.05, 3.63) is 104 Å². The van der Waals surface area contributed by atoms with Crippen LogP contribution in [0.5, 0.6) is 0 Å². The van der Waals surface area contributed by atoms with E-state index in [0.717, 1.165) is 16.7 Å². The van der Waals surface area contributed by atoms with Gasteiger partial charge in [0.05, 0.1) is 5.56 Å². The number of carbonyl (C=O) groups excluding carboxylic acids is 1. The molecule has 2 aromatic carbocycles. The van der Waals surface area contributed by atoms with Crippen molar-refractivity contribution in [3.8, 4) is 0 Å². The number of hydrogen-bond donors (Lipinski definition) is 2. The average Bonchev–Trinajstić information content (AvgIpc) is 3.23. The van der Waals surface area contributed by atoms with Gasteiger partial charge in [-0.2, -0.15) is 4.52 Å². The Hall–Kier alpha value is -3.78. The molecule has 1 amide bonds. The van der Waals surface area contributed by atoms with E-state index in [9.17, 15) is 14.4 Å². The van der Waals surface area contributed by atoms with E-state index in [1.54, 1.807) is 18.2 Å². The van der Waals surface area contributed by atoms with E-state index in [2.05, 4.69) is 10.4 Å². The number of aryl methyl sites for hydroxylation is 1. The summed E-state index contributed by atoms with van der Waals surface area (Å²) in [7, 11) is 0. The molecule has 7 nitrogen and oxygen atoms in total. The van der Waals surface area contributed by atoms with E-state index in [-0.39, 0.29) is 22.0 Å². The summed E-state index contributed by atoms with van der Waals surface area (Å²) in [5.74, 6) is -1.33. The summed E-state index contributed by atoms with van der Waals surface area (Å²) in [6, 6.07) is 17.8. The molecule has 0 aliphatic rings. The van der Waals surface area contributed by atoms with Crippen molar-refractivity contribution in [1.29, 1.82) is 0 Å². The molecule has 8 heteroatoms. The first-order valence-electron chi connectivity index (χ1n) is 9.59. The molecular formula is C23H19N3O4S. The molecule has 2 aromatic heterocycles. The van der Waals surface area contributed by atoms with Gasteiger partial charge in [-0.05, 0) is 41.8 Å². The molecule has 2 N–H and O–H groups in total. The fourth-order valence-electron chi connectivity index (χ4n) is 3.25. The summed E-state index contributed by atoms with van der Waals surface area (Å²) >= 11 is 1.18. The number of amides is 1. The maximum atomic E-state index is 13.0. The van der Waals surface area contributed by atoms with Gasteiger partial charge in [-0.25, -0.2) is 4.79 Å². The topological polar surface area (TPSA) is 101 Å². The number of rotatable bonds is 6. The highest BCUT2D eigenvalue weighted by atomic mass is 32.1. The number of aromatic nitrogens is 2. The molecule has 0 aliphatic carbocycles. The second-order valence-corrected chi connectivity index (χ2v) is 8.11. The Morgan fingerprint density at radius 3 is 2.45 bits per heavy atom. The van der Waals surface area contributed by atoms with Gasteiger partial charge in [0, 0.05) is 18.5 Å². The summed E-state index contributed by atoms with van der Waals surface area (Å²) in [6.45, 7) is 2.25. The average molecular weight is 433 g/mol. The third kappa shape index (κ3) is 4.39. The number of carboxylic acid groups (broad SMARTS) is 1. The largest absolute Gasteiger partial charge is 0.478 e. The van der Waals surface area contributed by atoms with Crippen molar-refractivity contribution in [2.24, 2.45) is 0 Å². The molecule has 0 radical (unpaired) electrons. The Labute approximate surface area is 181 Å². The van der Waals surface area contributed by atoms with Gasteiger partial charge in [-0.3, -0.25) is 9.59 Å². The molecule has 4 aromatic rings. The zero-order valence-electron chi connectivity index (χ0n) is 16.7. The maximum Gasteiger partial charge on any atom is 0.335 e. The molecule has 0 spiro atoms. The van der Waals surface area contributed by atoms with Crippen LogP contribution in [0.4, 0.5) is 0 Å². The molecule has 4 rings (SSSR count). The molecule has 0 unspecified atom stereocenters. The van der Waals surface area contributed by atoms with Gasteiger partial charge in [0.2, 0.25) is 5.01 Å². The van der Waals surface area contributed by atoms with E-state index in [0.29, 0.717) is 23.4 Å². The first-order valence-corrected chi connectivity index (χ1v) is 10.4. The van der Waals surface area contributed by atoms with Crippen molar-refractivity contribution < 1.29 is 14.7 Å². The summed E-state index contributed by atoms with van der Waals surface area (Å²) in [5, 5.41) is 16.3. The van der Waals surface area contributed by atoms with Gasteiger partial charge >= 0.3 is 5.97 Å². The molecule has 31 heavy (non-hydrogen) atoms. The lowest BCUT2D eigenvalue weighted by atomic mass is 10.0. The smallest absolute Gasteiger partial charge is 0.335 e. The number of aromatic carboxylic acids is 1. The van der Waals surface area contributed by atoms with Crippen molar-refractivity contribution in [1.82, 2.24) is 14.9 Å². The third-order valence-corrected chi connectivity index (χ3v) is 6.01. The van der Waals surface area contributed by atoms with Crippen LogP contribution in [0.1, 0.15) is 42.4 Å². The fraction of sp³-hybridized carbons (Fsp3) is 0.130. The number of nitrogens with one attached hydrogen (secondary N) is 1. The second kappa shape index (κ2) is 8.53. The van der Waals surface area contributed by atoms with E-state index < -0.39 is 5.97 Å². The van der Waals surface area contributed by atoms with Crippen molar-refractivity contribution in [2.45, 2.75) is 19.9 Å². The minimum Gasteiger partial charge on any atom is -0.478 e. The van der Waals surface area contributed by atoms with Crippen LogP contribution >= 0.6 is 11.3 Å². The Morgan fingerprint density at radius 1 is 1.06 bits per heavy atom. The molecule has 0 saturated heterocycles. The van der Waals surface area contributed by atoms with E-state index in [4.69, 9.17) is 5.11 Å². The van der Waals surface area contributed by atoms with Crippen molar-refractivity contribution in [3.63, 3.8) is 0 Å². The lowest BCUT2D eigenvalue weighted by molar-refractivity contribution is 0.0696. The predicted octanol–water partition coefficient (Wildman–Crippen LogP) is 3.28. The molecular weight excluding hydrogens is 414 g/mol. The Kier molecular flexibility index (Phi) is 5.64. The van der Waals surface area contributed by atoms with E-state index in [1.165, 1.54) is 28.0 Å². The standard InChI is InChI=1S/C23H19N3O4S/c1-14-11-18(12-15-7-9-17(10-8-15)23(29)30)21(28)26-22(14)31-20(25-26)19(27)24-13-16-5-3-2-4-6-16/h2-11H,12-13H2,1H3,(H,24,27)(H,29,30). The summed E-state index contributed by atoms with van der Waals surface area (Å²) in [6.07, 6.45) is 0.343. The highest BCUT2D eigenvalue weighted by molar-refractivity contribution is 7.19. The molecule has 0 atom stereocenters. The molecule has 156 valence electrons. The molecule has 0 saturated carbocycles. The zero-order chi connectivity index (χ0) is 22.0. The van der Waals surface area contributed by atoms with Gasteiger partial charge < -0.3 is 10.4 Å². The van der Waals surface area contributed by atoms with Crippen LogP contribution in [0.15, 0.2) is 65.5 Å². The lowest BCUT2D eigenvalue weighted by Gasteiger charge is -2.04. The van der Waals surface area contributed by atoms with Gasteiger partial charge in [0.1, 0.15) is 4.83 Å². The van der Waals surface area contributed by atoms with Gasteiger partial charge in [0.25, 0.3) is 11.5 Å². The maximum absolute atomic E-state index is 13.0. The van der Waals surface area contributed by atoms with Gasteiger partial charge in [0.15, 0.2) is 0 Å². The molecule has 0 bridgehead atoms. The number of carbonyl (C=O) groups is 2. The monoisotopic (exact) mass is 433 g/mol. The predicted molar refractivity (Wildman–Crippen MR) is 118 cm³/mol. The van der Waals surface area contributed by atoms with Crippen LogP contribution < -0.4 is 10.9 Å². The SMILES string of the molecule is Cc1cc(Cc2ccc(C(=O)O)cc2)c(=O)n2nc(C(=O)NCc3ccccc3)sc12. The number of benzene rings is 2. The first kappa shape index (κ1) is 20.5. The first-order chi connectivity index (χ1) is 14.9. The Bertz CT molecular complexity index is 1320. The Balaban J connectivity index is 1.58. The summed E-state index contributed by atoms with van der Waals surface area (Å²) in [5.41, 5.74) is 3.06. The van der Waals surface area contributed by atoms with Crippen LogP contribution in [0.25, 0.3) is 4.83 Å². The zero-order valence-corrected chi connectivity index (χ0v) is 17.5. The van der Waals surface area contributed by atoms with Crippen LogP contribution in [0, 0.1) is 6.92 Å². The van der Waals surface area contributed by atoms with Crippen LogP contribution in [-0.2, 0) is 13.0 Å². The van der Waals surface area contributed by atoms with Crippen molar-refractivity contribution in [2.75, 3.05) is 0 Å². The normalized spacial score (nSPS) is 10.9. The molecule has 2 heterocycles. The fourth-order valence-corrected chi connectivity index (χ4v) is 4.16. The minimum absolute atomic E-state index is 0.192. The van der Waals surface area contributed by atoms with Gasteiger partial charge in [-0.15, -0.1) is 5.10 Å². The quantitative estimate of drug-likeness (QED) is 0.486. The third-order valence-electron chi connectivity index (χ3n) is 4.86.